The predicted molar refractivity (Wildman–Crippen MR) is 53.6 cm³/mol. The number of ether oxygens (including phenoxy) is 1. The van der Waals surface area contributed by atoms with E-state index < -0.39 is 0 Å². The summed E-state index contributed by atoms with van der Waals surface area (Å²) in [5.41, 5.74) is 0. The highest BCUT2D eigenvalue weighted by atomic mass is 16.5. The van der Waals surface area contributed by atoms with E-state index in [0.717, 1.165) is 12.5 Å². The van der Waals surface area contributed by atoms with Gasteiger partial charge in [-0.25, -0.2) is 0 Å². The lowest BCUT2D eigenvalue weighted by molar-refractivity contribution is 0.104. The summed E-state index contributed by atoms with van der Waals surface area (Å²) in [6.45, 7) is 8.00. The maximum absolute atomic E-state index is 9.60. The number of hydrogen-bond donors (Lipinski definition) is 1. The smallest absolute Gasteiger partial charge is 0.0826 e. The fourth-order valence-electron chi connectivity index (χ4n) is 1.91. The summed E-state index contributed by atoms with van der Waals surface area (Å²) in [5, 5.41) is 9.60. The molecule has 1 aliphatic rings. The molecule has 1 N–H and O–H groups in total. The van der Waals surface area contributed by atoms with Crippen LogP contribution in [0.5, 0.6) is 0 Å². The molecule has 0 radical (unpaired) electrons. The van der Waals surface area contributed by atoms with Crippen molar-refractivity contribution in [3.8, 4) is 0 Å². The topological polar surface area (TPSA) is 29.5 Å². The predicted octanol–water partition coefficient (Wildman–Crippen LogP) is 2.07. The standard InChI is InChI=1S/C11H22O2/c1-8(2)4-5-9(3)10-6-13-7-11(10)12/h8-12H,4-7H2,1-3H3/t9?,10-,11+/m0/s1. The van der Waals surface area contributed by atoms with Gasteiger partial charge in [-0.2, -0.15) is 0 Å². The molecule has 1 aliphatic heterocycles. The molecule has 1 saturated heterocycles. The molecule has 0 saturated carbocycles. The molecule has 78 valence electrons. The van der Waals surface area contributed by atoms with Gasteiger partial charge < -0.3 is 9.84 Å². The molecule has 0 bridgehead atoms. The quantitative estimate of drug-likeness (QED) is 0.728. The van der Waals surface area contributed by atoms with Gasteiger partial charge in [0.25, 0.3) is 0 Å². The van der Waals surface area contributed by atoms with E-state index in [1.807, 2.05) is 0 Å². The zero-order valence-electron chi connectivity index (χ0n) is 8.99. The van der Waals surface area contributed by atoms with E-state index >= 15 is 0 Å². The molecule has 0 aromatic rings. The molecule has 3 atom stereocenters. The highest BCUT2D eigenvalue weighted by Crippen LogP contribution is 2.26. The Balaban J connectivity index is 2.25. The monoisotopic (exact) mass is 186 g/mol. The average molecular weight is 186 g/mol. The van der Waals surface area contributed by atoms with Gasteiger partial charge >= 0.3 is 0 Å². The molecular weight excluding hydrogens is 164 g/mol. The van der Waals surface area contributed by atoms with Crippen LogP contribution >= 0.6 is 0 Å². The van der Waals surface area contributed by atoms with Crippen LogP contribution < -0.4 is 0 Å². The summed E-state index contributed by atoms with van der Waals surface area (Å²) in [6.07, 6.45) is 2.25. The van der Waals surface area contributed by atoms with Crippen LogP contribution in [0, 0.1) is 17.8 Å². The largest absolute Gasteiger partial charge is 0.390 e. The Bertz CT molecular complexity index is 145. The van der Waals surface area contributed by atoms with E-state index in [1.165, 1.54) is 12.8 Å². The zero-order valence-corrected chi connectivity index (χ0v) is 8.99. The minimum atomic E-state index is -0.220. The fraction of sp³-hybridized carbons (Fsp3) is 1.00. The van der Waals surface area contributed by atoms with Crippen molar-refractivity contribution in [3.05, 3.63) is 0 Å². The van der Waals surface area contributed by atoms with Gasteiger partial charge in [0.2, 0.25) is 0 Å². The second kappa shape index (κ2) is 4.97. The Hall–Kier alpha value is -0.0800. The first kappa shape index (κ1) is 11.0. The van der Waals surface area contributed by atoms with E-state index in [4.69, 9.17) is 4.74 Å². The molecule has 1 rings (SSSR count). The van der Waals surface area contributed by atoms with Gasteiger partial charge in [0.15, 0.2) is 0 Å². The first-order chi connectivity index (χ1) is 6.11. The van der Waals surface area contributed by atoms with Gasteiger partial charge in [0.05, 0.1) is 19.3 Å². The minimum Gasteiger partial charge on any atom is -0.390 e. The third-order valence-corrected chi connectivity index (χ3v) is 3.02. The highest BCUT2D eigenvalue weighted by Gasteiger charge is 2.30. The molecule has 1 unspecified atom stereocenters. The van der Waals surface area contributed by atoms with Crippen LogP contribution in [0.15, 0.2) is 0 Å². The van der Waals surface area contributed by atoms with Crippen LogP contribution in [-0.2, 0) is 4.74 Å². The molecule has 1 heterocycles. The van der Waals surface area contributed by atoms with Gasteiger partial charge in [0.1, 0.15) is 0 Å². The molecule has 0 aromatic carbocycles. The van der Waals surface area contributed by atoms with Crippen molar-refractivity contribution in [2.24, 2.45) is 17.8 Å². The van der Waals surface area contributed by atoms with Crippen LogP contribution in [-0.4, -0.2) is 24.4 Å². The number of aliphatic hydroxyl groups is 1. The van der Waals surface area contributed by atoms with Crippen molar-refractivity contribution in [2.45, 2.75) is 39.7 Å². The van der Waals surface area contributed by atoms with Crippen molar-refractivity contribution in [1.82, 2.24) is 0 Å². The first-order valence-corrected chi connectivity index (χ1v) is 5.37. The van der Waals surface area contributed by atoms with Gasteiger partial charge in [0, 0.05) is 5.92 Å². The summed E-state index contributed by atoms with van der Waals surface area (Å²) >= 11 is 0. The normalized spacial score (nSPS) is 31.2. The van der Waals surface area contributed by atoms with Crippen LogP contribution in [0.1, 0.15) is 33.6 Å². The van der Waals surface area contributed by atoms with E-state index in [0.29, 0.717) is 18.4 Å². The number of hydrogen-bond acceptors (Lipinski definition) is 2. The Morgan fingerprint density at radius 3 is 2.38 bits per heavy atom. The molecule has 0 aromatic heterocycles. The molecule has 2 nitrogen and oxygen atoms in total. The summed E-state index contributed by atoms with van der Waals surface area (Å²) < 4.78 is 5.25. The molecule has 1 fully saturated rings. The van der Waals surface area contributed by atoms with Crippen LogP contribution in [0.25, 0.3) is 0 Å². The third kappa shape index (κ3) is 3.28. The number of aliphatic hydroxyl groups excluding tert-OH is 1. The van der Waals surface area contributed by atoms with Crippen molar-refractivity contribution in [3.63, 3.8) is 0 Å². The highest BCUT2D eigenvalue weighted by molar-refractivity contribution is 4.78. The molecule has 0 amide bonds. The minimum absolute atomic E-state index is 0.220. The molecular formula is C11H22O2. The molecule has 0 spiro atoms. The van der Waals surface area contributed by atoms with Gasteiger partial charge in [-0.05, 0) is 11.8 Å². The van der Waals surface area contributed by atoms with Gasteiger partial charge in [-0.1, -0.05) is 33.6 Å². The van der Waals surface area contributed by atoms with Crippen molar-refractivity contribution >= 4 is 0 Å². The van der Waals surface area contributed by atoms with Gasteiger partial charge in [-0.3, -0.25) is 0 Å². The Kier molecular flexibility index (Phi) is 4.20. The SMILES string of the molecule is CC(C)CCC(C)[C@@H]1COC[C@H]1O. The van der Waals surface area contributed by atoms with Crippen LogP contribution in [0.4, 0.5) is 0 Å². The Labute approximate surface area is 81.3 Å². The summed E-state index contributed by atoms with van der Waals surface area (Å²) in [4.78, 5) is 0. The van der Waals surface area contributed by atoms with Crippen molar-refractivity contribution < 1.29 is 9.84 Å². The van der Waals surface area contributed by atoms with Crippen LogP contribution in [0.3, 0.4) is 0 Å². The second-order valence-corrected chi connectivity index (χ2v) is 4.72. The van der Waals surface area contributed by atoms with E-state index in [9.17, 15) is 5.11 Å². The fourth-order valence-corrected chi connectivity index (χ4v) is 1.91. The lowest BCUT2D eigenvalue weighted by atomic mass is 9.86. The maximum Gasteiger partial charge on any atom is 0.0826 e. The van der Waals surface area contributed by atoms with Gasteiger partial charge in [-0.15, -0.1) is 0 Å². The summed E-state index contributed by atoms with van der Waals surface area (Å²) in [5.74, 6) is 1.74. The first-order valence-electron chi connectivity index (χ1n) is 5.37. The number of rotatable bonds is 4. The summed E-state index contributed by atoms with van der Waals surface area (Å²) in [7, 11) is 0. The second-order valence-electron chi connectivity index (χ2n) is 4.72. The van der Waals surface area contributed by atoms with E-state index in [2.05, 4.69) is 20.8 Å². The lowest BCUT2D eigenvalue weighted by Gasteiger charge is -2.21. The molecule has 2 heteroatoms. The average Bonchev–Trinajstić information content (AvgIpc) is 2.47. The molecule has 13 heavy (non-hydrogen) atoms. The maximum atomic E-state index is 9.60. The Morgan fingerprint density at radius 1 is 1.23 bits per heavy atom. The van der Waals surface area contributed by atoms with Crippen LogP contribution in [0.2, 0.25) is 0 Å². The Morgan fingerprint density at radius 2 is 1.92 bits per heavy atom. The van der Waals surface area contributed by atoms with Crippen molar-refractivity contribution in [2.75, 3.05) is 13.2 Å². The van der Waals surface area contributed by atoms with E-state index in [1.54, 1.807) is 0 Å². The van der Waals surface area contributed by atoms with Crippen molar-refractivity contribution in [1.29, 1.82) is 0 Å². The summed E-state index contributed by atoms with van der Waals surface area (Å²) in [6, 6.07) is 0. The van der Waals surface area contributed by atoms with E-state index in [-0.39, 0.29) is 6.10 Å². The zero-order chi connectivity index (χ0) is 9.84. The third-order valence-electron chi connectivity index (χ3n) is 3.02. The molecule has 0 aliphatic carbocycles. The lowest BCUT2D eigenvalue weighted by Crippen LogP contribution is -2.24.